The fourth-order valence-corrected chi connectivity index (χ4v) is 4.57. The lowest BCUT2D eigenvalue weighted by atomic mass is 9.50. The first kappa shape index (κ1) is 7.24. The van der Waals surface area contributed by atoms with Crippen molar-refractivity contribution in [2.75, 3.05) is 6.61 Å². The highest BCUT2D eigenvalue weighted by Gasteiger charge is 2.68. The molecule has 3 unspecified atom stereocenters. The van der Waals surface area contributed by atoms with E-state index in [0.717, 1.165) is 31.8 Å². The first-order chi connectivity index (χ1) is 6.20. The van der Waals surface area contributed by atoms with Crippen molar-refractivity contribution in [1.29, 1.82) is 0 Å². The van der Waals surface area contributed by atoms with E-state index in [4.69, 9.17) is 4.74 Å². The van der Waals surface area contributed by atoms with Gasteiger partial charge in [0.2, 0.25) is 0 Å². The van der Waals surface area contributed by atoms with Gasteiger partial charge in [-0.05, 0) is 49.9 Å². The summed E-state index contributed by atoms with van der Waals surface area (Å²) in [5.41, 5.74) is -0.0170. The zero-order valence-electron chi connectivity index (χ0n) is 7.83. The van der Waals surface area contributed by atoms with E-state index in [1.54, 1.807) is 0 Å². The van der Waals surface area contributed by atoms with Crippen molar-refractivity contribution in [2.24, 2.45) is 17.8 Å². The largest absolute Gasteiger partial charge is 0.390 e. The molecule has 1 heterocycles. The van der Waals surface area contributed by atoms with Gasteiger partial charge in [0.05, 0.1) is 17.8 Å². The second-order valence-electron chi connectivity index (χ2n) is 5.81. The van der Waals surface area contributed by atoms with E-state index in [1.807, 2.05) is 0 Å². The van der Waals surface area contributed by atoms with Crippen LogP contribution in [0.15, 0.2) is 0 Å². The van der Waals surface area contributed by atoms with Crippen LogP contribution >= 0.6 is 0 Å². The molecule has 5 aliphatic rings. The van der Waals surface area contributed by atoms with Crippen molar-refractivity contribution in [1.82, 2.24) is 0 Å². The molecule has 1 N–H and O–H groups in total. The Labute approximate surface area is 78.3 Å². The predicted octanol–water partition coefficient (Wildman–Crippen LogP) is 1.33. The number of ether oxygens (including phenoxy) is 1. The summed E-state index contributed by atoms with van der Waals surface area (Å²) in [7, 11) is 0. The van der Waals surface area contributed by atoms with Crippen molar-refractivity contribution in [3.8, 4) is 0 Å². The molecule has 5 fully saturated rings. The van der Waals surface area contributed by atoms with Crippen molar-refractivity contribution >= 4 is 0 Å². The van der Waals surface area contributed by atoms with Crippen LogP contribution in [0.1, 0.15) is 32.1 Å². The van der Waals surface area contributed by atoms with E-state index < -0.39 is 0 Å². The maximum atomic E-state index is 10.3. The number of aliphatic hydroxyl groups is 1. The molecule has 0 aromatic carbocycles. The molecule has 72 valence electrons. The second-order valence-corrected chi connectivity index (χ2v) is 5.81. The van der Waals surface area contributed by atoms with Crippen LogP contribution in [0, 0.1) is 17.8 Å². The zero-order valence-corrected chi connectivity index (χ0v) is 7.83. The van der Waals surface area contributed by atoms with Gasteiger partial charge in [-0.1, -0.05) is 0 Å². The standard InChI is InChI=1S/C11H16O2/c12-10-3-7-1-8(4-10)11(6-13-11)9(2-7)5-10/h7-9,12H,1-6H2/t7?,8-,9+,10?,11?. The lowest BCUT2D eigenvalue weighted by molar-refractivity contribution is -0.158. The van der Waals surface area contributed by atoms with Gasteiger partial charge in [0.25, 0.3) is 0 Å². The van der Waals surface area contributed by atoms with Crippen LogP contribution in [0.2, 0.25) is 0 Å². The topological polar surface area (TPSA) is 32.8 Å². The summed E-state index contributed by atoms with van der Waals surface area (Å²) in [5.74, 6) is 2.21. The van der Waals surface area contributed by atoms with Crippen LogP contribution in [-0.2, 0) is 4.74 Å². The summed E-state index contributed by atoms with van der Waals surface area (Å²) in [6, 6.07) is 0. The van der Waals surface area contributed by atoms with Gasteiger partial charge in [0.15, 0.2) is 0 Å². The smallest absolute Gasteiger partial charge is 0.0974 e. The molecule has 1 saturated heterocycles. The fraction of sp³-hybridized carbons (Fsp3) is 1.00. The van der Waals surface area contributed by atoms with Crippen LogP contribution in [0.4, 0.5) is 0 Å². The summed E-state index contributed by atoms with van der Waals surface area (Å²) in [6.45, 7) is 0.991. The molecule has 5 rings (SSSR count). The monoisotopic (exact) mass is 180 g/mol. The molecule has 0 aromatic heterocycles. The predicted molar refractivity (Wildman–Crippen MR) is 47.2 cm³/mol. The molecule has 1 aliphatic heterocycles. The molecule has 13 heavy (non-hydrogen) atoms. The van der Waals surface area contributed by atoms with E-state index in [1.165, 1.54) is 12.8 Å². The molecule has 5 atom stereocenters. The zero-order chi connectivity index (χ0) is 8.68. The highest BCUT2D eigenvalue weighted by Crippen LogP contribution is 2.65. The van der Waals surface area contributed by atoms with Crippen molar-refractivity contribution in [3.63, 3.8) is 0 Å². The lowest BCUT2D eigenvalue weighted by Gasteiger charge is -2.57. The van der Waals surface area contributed by atoms with Gasteiger partial charge in [-0.2, -0.15) is 0 Å². The van der Waals surface area contributed by atoms with E-state index in [-0.39, 0.29) is 11.2 Å². The minimum atomic E-state index is -0.284. The summed E-state index contributed by atoms with van der Waals surface area (Å²) in [6.07, 6.45) is 5.80. The number of hydrogen-bond acceptors (Lipinski definition) is 2. The maximum Gasteiger partial charge on any atom is 0.0974 e. The van der Waals surface area contributed by atoms with E-state index in [9.17, 15) is 5.11 Å². The second kappa shape index (κ2) is 1.82. The normalized spacial score (nSPS) is 67.6. The van der Waals surface area contributed by atoms with Gasteiger partial charge < -0.3 is 9.84 Å². The molecular formula is C11H16O2. The Morgan fingerprint density at radius 2 is 1.69 bits per heavy atom. The summed E-state index contributed by atoms with van der Waals surface area (Å²) in [5, 5.41) is 10.3. The minimum absolute atomic E-state index is 0.267. The Hall–Kier alpha value is -0.0800. The average molecular weight is 180 g/mol. The van der Waals surface area contributed by atoms with Crippen LogP contribution in [-0.4, -0.2) is 22.9 Å². The number of epoxide rings is 1. The Kier molecular flexibility index (Phi) is 1.02. The Morgan fingerprint density at radius 1 is 1.08 bits per heavy atom. The Balaban J connectivity index is 1.79. The first-order valence-corrected chi connectivity index (χ1v) is 5.57. The van der Waals surface area contributed by atoms with Gasteiger partial charge in [0, 0.05) is 0 Å². The summed E-state index contributed by atoms with van der Waals surface area (Å²) >= 11 is 0. The van der Waals surface area contributed by atoms with Crippen LogP contribution in [0.5, 0.6) is 0 Å². The minimum Gasteiger partial charge on any atom is -0.390 e. The molecular weight excluding hydrogens is 164 g/mol. The fourth-order valence-electron chi connectivity index (χ4n) is 4.57. The highest BCUT2D eigenvalue weighted by atomic mass is 16.6. The van der Waals surface area contributed by atoms with E-state index in [2.05, 4.69) is 0 Å². The molecule has 0 radical (unpaired) electrons. The van der Waals surface area contributed by atoms with Gasteiger partial charge in [-0.25, -0.2) is 0 Å². The summed E-state index contributed by atoms with van der Waals surface area (Å²) in [4.78, 5) is 0. The maximum absolute atomic E-state index is 10.3. The van der Waals surface area contributed by atoms with E-state index >= 15 is 0 Å². The molecule has 2 heteroatoms. The van der Waals surface area contributed by atoms with Gasteiger partial charge in [0.1, 0.15) is 0 Å². The molecule has 0 amide bonds. The van der Waals surface area contributed by atoms with Gasteiger partial charge in [-0.15, -0.1) is 0 Å². The van der Waals surface area contributed by atoms with Crippen molar-refractivity contribution in [3.05, 3.63) is 0 Å². The third-order valence-electron chi connectivity index (χ3n) is 5.02. The third-order valence-corrected chi connectivity index (χ3v) is 5.02. The lowest BCUT2D eigenvalue weighted by Crippen LogP contribution is -2.58. The van der Waals surface area contributed by atoms with Gasteiger partial charge >= 0.3 is 0 Å². The molecule has 1 spiro atoms. The molecule has 2 nitrogen and oxygen atoms in total. The van der Waals surface area contributed by atoms with Crippen LogP contribution in [0.25, 0.3) is 0 Å². The molecule has 0 aromatic rings. The third kappa shape index (κ3) is 0.736. The van der Waals surface area contributed by atoms with Gasteiger partial charge in [-0.3, -0.25) is 0 Å². The average Bonchev–Trinajstić information content (AvgIpc) is 2.77. The molecule has 4 saturated carbocycles. The first-order valence-electron chi connectivity index (χ1n) is 5.57. The summed E-state index contributed by atoms with van der Waals surface area (Å²) < 4.78 is 5.71. The number of hydrogen-bond donors (Lipinski definition) is 1. The van der Waals surface area contributed by atoms with Crippen LogP contribution in [0.3, 0.4) is 0 Å². The van der Waals surface area contributed by atoms with Crippen molar-refractivity contribution < 1.29 is 9.84 Å². The molecule has 4 aliphatic carbocycles. The van der Waals surface area contributed by atoms with Crippen LogP contribution < -0.4 is 0 Å². The Bertz CT molecular complexity index is 251. The van der Waals surface area contributed by atoms with Crippen molar-refractivity contribution in [2.45, 2.75) is 43.3 Å². The quantitative estimate of drug-likeness (QED) is 0.570. The number of rotatable bonds is 0. The van der Waals surface area contributed by atoms with E-state index in [0.29, 0.717) is 11.8 Å². The SMILES string of the molecule is OC12CC3C[C@H](C1)C1(CO1)[C@@H](C3)C2. The highest BCUT2D eigenvalue weighted by molar-refractivity contribution is 5.17. The Morgan fingerprint density at radius 3 is 2.15 bits per heavy atom. The molecule has 4 bridgehead atoms.